The van der Waals surface area contributed by atoms with E-state index in [1.54, 1.807) is 6.92 Å². The Labute approximate surface area is 138 Å². The van der Waals surface area contributed by atoms with Crippen molar-refractivity contribution in [2.45, 2.75) is 24.1 Å². The van der Waals surface area contributed by atoms with Crippen molar-refractivity contribution in [1.29, 1.82) is 0 Å². The number of carboxylic acids is 1. The Morgan fingerprint density at radius 3 is 2.74 bits per heavy atom. The summed E-state index contributed by atoms with van der Waals surface area (Å²) in [5.41, 5.74) is 0.438. The van der Waals surface area contributed by atoms with E-state index in [1.165, 1.54) is 7.05 Å². The molecular formula is C13H19N3O5S2. The maximum Gasteiger partial charge on any atom is 0.338 e. The quantitative estimate of drug-likeness (QED) is 0.554. The molecule has 1 aliphatic rings. The largest absolute Gasteiger partial charge is 0.478 e. The number of fused-ring (bicyclic) bond motifs is 1. The summed E-state index contributed by atoms with van der Waals surface area (Å²) >= 11 is 0.969. The van der Waals surface area contributed by atoms with E-state index in [4.69, 9.17) is 0 Å². The van der Waals surface area contributed by atoms with Gasteiger partial charge < -0.3 is 15.7 Å². The van der Waals surface area contributed by atoms with Crippen LogP contribution in [0.15, 0.2) is 4.21 Å². The van der Waals surface area contributed by atoms with Crippen LogP contribution in [0.1, 0.15) is 27.7 Å². The van der Waals surface area contributed by atoms with Crippen LogP contribution in [0.25, 0.3) is 0 Å². The van der Waals surface area contributed by atoms with Crippen LogP contribution in [-0.2, 0) is 27.8 Å². The molecule has 0 unspecified atom stereocenters. The number of amides is 1. The maximum absolute atomic E-state index is 12.5. The normalized spacial score (nSPS) is 15.7. The monoisotopic (exact) mass is 361 g/mol. The highest BCUT2D eigenvalue weighted by Gasteiger charge is 2.32. The Morgan fingerprint density at radius 2 is 2.13 bits per heavy atom. The number of aromatic carboxylic acids is 1. The van der Waals surface area contributed by atoms with E-state index >= 15 is 0 Å². The fraction of sp³-hybridized carbons (Fsp3) is 0.538. The zero-order valence-electron chi connectivity index (χ0n) is 12.8. The third-order valence-corrected chi connectivity index (χ3v) is 6.80. The molecule has 2 heterocycles. The van der Waals surface area contributed by atoms with Gasteiger partial charge in [-0.25, -0.2) is 17.9 Å². The van der Waals surface area contributed by atoms with E-state index in [2.05, 4.69) is 15.4 Å². The molecule has 0 saturated heterocycles. The molecule has 1 amide bonds. The molecule has 1 aliphatic heterocycles. The maximum atomic E-state index is 12.5. The van der Waals surface area contributed by atoms with Crippen LogP contribution in [0.2, 0.25) is 0 Å². The molecule has 0 aliphatic carbocycles. The van der Waals surface area contributed by atoms with Gasteiger partial charge in [0, 0.05) is 30.9 Å². The van der Waals surface area contributed by atoms with Crippen molar-refractivity contribution in [3.63, 3.8) is 0 Å². The predicted molar refractivity (Wildman–Crippen MR) is 85.1 cm³/mol. The number of carbonyl (C=O) groups is 2. The molecule has 4 N–H and O–H groups in total. The number of hydrogen-bond acceptors (Lipinski definition) is 6. The minimum atomic E-state index is -3.99. The number of nitrogens with one attached hydrogen (secondary N) is 3. The molecule has 0 spiro atoms. The number of carboxylic acid groups (broad SMARTS) is 1. The first-order chi connectivity index (χ1) is 10.8. The van der Waals surface area contributed by atoms with Gasteiger partial charge in [0.25, 0.3) is 10.0 Å². The molecule has 10 heteroatoms. The second kappa shape index (κ2) is 6.95. The van der Waals surface area contributed by atoms with Crippen molar-refractivity contribution in [1.82, 2.24) is 15.4 Å². The van der Waals surface area contributed by atoms with E-state index in [0.717, 1.165) is 16.2 Å². The summed E-state index contributed by atoms with van der Waals surface area (Å²) in [6.07, 6.45) is 0.484. The van der Waals surface area contributed by atoms with Crippen LogP contribution >= 0.6 is 11.3 Å². The summed E-state index contributed by atoms with van der Waals surface area (Å²) in [7, 11) is -2.52. The summed E-state index contributed by atoms with van der Waals surface area (Å²) in [5.74, 6) is -2.09. The first-order valence-electron chi connectivity index (χ1n) is 7.07. The van der Waals surface area contributed by atoms with Crippen molar-refractivity contribution >= 4 is 33.2 Å². The zero-order chi connectivity index (χ0) is 17.2. The van der Waals surface area contributed by atoms with Crippen LogP contribution < -0.4 is 15.4 Å². The average molecular weight is 361 g/mol. The standard InChI is InChI=1S/C13H19N3O5S2/c1-7(11(17)14-2)5-16-23(20,21)13-10(12(18)19)8-3-4-15-6-9(8)22-13/h7,15-16H,3-6H2,1-2H3,(H,14,17)(H,18,19)/t7-/m1/s1. The van der Waals surface area contributed by atoms with Crippen LogP contribution in [0.5, 0.6) is 0 Å². The van der Waals surface area contributed by atoms with Gasteiger partial charge in [-0.05, 0) is 18.5 Å². The summed E-state index contributed by atoms with van der Waals surface area (Å²) in [4.78, 5) is 23.7. The molecule has 0 saturated carbocycles. The molecule has 2 rings (SSSR count). The van der Waals surface area contributed by atoms with Crippen LogP contribution in [0.4, 0.5) is 0 Å². The second-order valence-electron chi connectivity index (χ2n) is 5.27. The van der Waals surface area contributed by atoms with Gasteiger partial charge in [-0.15, -0.1) is 11.3 Å². The lowest BCUT2D eigenvalue weighted by atomic mass is 10.1. The molecule has 128 valence electrons. The average Bonchev–Trinajstić information content (AvgIpc) is 2.92. The van der Waals surface area contributed by atoms with E-state index in [-0.39, 0.29) is 22.2 Å². The lowest BCUT2D eigenvalue weighted by molar-refractivity contribution is -0.123. The van der Waals surface area contributed by atoms with Gasteiger partial charge in [0.1, 0.15) is 4.21 Å². The minimum Gasteiger partial charge on any atom is -0.478 e. The van der Waals surface area contributed by atoms with E-state index in [1.807, 2.05) is 0 Å². The Morgan fingerprint density at radius 1 is 1.43 bits per heavy atom. The Kier molecular flexibility index (Phi) is 5.40. The van der Waals surface area contributed by atoms with Gasteiger partial charge >= 0.3 is 5.97 Å². The van der Waals surface area contributed by atoms with Gasteiger partial charge in [-0.3, -0.25) is 4.79 Å². The third kappa shape index (κ3) is 3.71. The number of hydrogen-bond donors (Lipinski definition) is 4. The van der Waals surface area contributed by atoms with E-state index < -0.39 is 21.9 Å². The third-order valence-electron chi connectivity index (χ3n) is 3.63. The molecule has 0 bridgehead atoms. The van der Waals surface area contributed by atoms with Gasteiger partial charge in [0.2, 0.25) is 5.91 Å². The molecule has 1 aromatic rings. The van der Waals surface area contributed by atoms with Crippen molar-refractivity contribution < 1.29 is 23.1 Å². The molecule has 1 atom stereocenters. The van der Waals surface area contributed by atoms with Crippen molar-refractivity contribution in [3.8, 4) is 0 Å². The summed E-state index contributed by atoms with van der Waals surface area (Å²) < 4.78 is 27.1. The van der Waals surface area contributed by atoms with Crippen LogP contribution in [0, 0.1) is 5.92 Å². The fourth-order valence-corrected chi connectivity index (χ4v) is 5.39. The van der Waals surface area contributed by atoms with E-state index in [9.17, 15) is 23.1 Å². The molecule has 0 aromatic carbocycles. The number of carbonyl (C=O) groups excluding carboxylic acids is 1. The Balaban J connectivity index is 2.31. The Hall–Kier alpha value is -1.49. The van der Waals surface area contributed by atoms with Gasteiger partial charge in [-0.2, -0.15) is 0 Å². The number of sulfonamides is 1. The van der Waals surface area contributed by atoms with Gasteiger partial charge in [0.15, 0.2) is 0 Å². The lowest BCUT2D eigenvalue weighted by Crippen LogP contribution is -2.36. The molecule has 23 heavy (non-hydrogen) atoms. The predicted octanol–water partition coefficient (Wildman–Crippen LogP) is -0.248. The van der Waals surface area contributed by atoms with Crippen molar-refractivity contribution in [2.24, 2.45) is 5.92 Å². The zero-order valence-corrected chi connectivity index (χ0v) is 14.4. The molecule has 0 fully saturated rings. The molecular weight excluding hydrogens is 342 g/mol. The molecule has 1 aromatic heterocycles. The van der Waals surface area contributed by atoms with Gasteiger partial charge in [0.05, 0.1) is 5.56 Å². The molecule has 8 nitrogen and oxygen atoms in total. The highest BCUT2D eigenvalue weighted by molar-refractivity contribution is 7.91. The van der Waals surface area contributed by atoms with E-state index in [0.29, 0.717) is 25.1 Å². The first kappa shape index (κ1) is 17.9. The topological polar surface area (TPSA) is 125 Å². The Bertz CT molecular complexity index is 726. The SMILES string of the molecule is CNC(=O)[C@H](C)CNS(=O)(=O)c1sc2c(c1C(=O)O)CCNC2. The summed E-state index contributed by atoms with van der Waals surface area (Å²) in [6, 6.07) is 0. The number of thiophene rings is 1. The summed E-state index contributed by atoms with van der Waals surface area (Å²) in [6.45, 7) is 2.57. The van der Waals surface area contributed by atoms with Gasteiger partial charge in [-0.1, -0.05) is 6.92 Å². The molecule has 0 radical (unpaired) electrons. The highest BCUT2D eigenvalue weighted by atomic mass is 32.2. The second-order valence-corrected chi connectivity index (χ2v) is 8.33. The smallest absolute Gasteiger partial charge is 0.338 e. The van der Waals surface area contributed by atoms with Crippen molar-refractivity contribution in [3.05, 3.63) is 16.0 Å². The van der Waals surface area contributed by atoms with Crippen molar-refractivity contribution in [2.75, 3.05) is 20.1 Å². The number of rotatable bonds is 6. The first-order valence-corrected chi connectivity index (χ1v) is 9.37. The summed E-state index contributed by atoms with van der Waals surface area (Å²) in [5, 5.41) is 14.9. The minimum absolute atomic E-state index is 0.0954. The fourth-order valence-electron chi connectivity index (χ4n) is 2.35. The van der Waals surface area contributed by atoms with Crippen LogP contribution in [-0.4, -0.2) is 45.5 Å². The lowest BCUT2D eigenvalue weighted by Gasteiger charge is -2.13. The van der Waals surface area contributed by atoms with Crippen LogP contribution in [0.3, 0.4) is 0 Å². The highest BCUT2D eigenvalue weighted by Crippen LogP contribution is 2.34.